The third-order valence-electron chi connectivity index (χ3n) is 1.31. The van der Waals surface area contributed by atoms with Crippen LogP contribution in [-0.4, -0.2) is 15.0 Å². The first-order chi connectivity index (χ1) is 8.50. The number of hydrogen-bond donors (Lipinski definition) is 1. The molecule has 0 aromatic heterocycles. The summed E-state index contributed by atoms with van der Waals surface area (Å²) in [4.78, 5) is 18.8. The molecule has 0 unspecified atom stereocenters. The lowest BCUT2D eigenvalue weighted by Crippen LogP contribution is -1.94. The second-order valence-corrected chi connectivity index (χ2v) is 2.19. The molecule has 0 aliphatic carbocycles. The van der Waals surface area contributed by atoms with Crippen LogP contribution in [0.15, 0.2) is 12.1 Å². The quantitative estimate of drug-likeness (QED) is 0.579. The van der Waals surface area contributed by atoms with E-state index in [1.807, 2.05) is 0 Å². The Morgan fingerprint density at radius 3 is 2.50 bits per heavy atom. The first kappa shape index (κ1) is 4.89. The minimum atomic E-state index is -3.16. The van der Waals surface area contributed by atoms with Gasteiger partial charge in [0.15, 0.2) is 5.75 Å². The third-order valence-corrected chi connectivity index (χ3v) is 1.31. The van der Waals surface area contributed by atoms with E-state index >= 15 is 0 Å². The molecule has 1 aromatic carbocycles. The van der Waals surface area contributed by atoms with Crippen LogP contribution in [0, 0.1) is 27.1 Å². The van der Waals surface area contributed by atoms with Gasteiger partial charge >= 0.3 is 5.69 Å². The summed E-state index contributed by atoms with van der Waals surface area (Å²) in [6.07, 6.45) is 0. The number of nitro benzene ring substituents is 2. The number of rotatable bonds is 2. The standard InChI is InChI=1S/C7H6N2O5/c1-4-2-5(8(11)12)3-6(7(4)10)9(13)14/h2-3,10H,1H3/i1D3,2D,3D. The van der Waals surface area contributed by atoms with Crippen molar-refractivity contribution in [3.8, 4) is 5.75 Å². The van der Waals surface area contributed by atoms with Crippen molar-refractivity contribution in [2.24, 2.45) is 0 Å². The number of nitro groups is 2. The van der Waals surface area contributed by atoms with Gasteiger partial charge < -0.3 is 5.11 Å². The van der Waals surface area contributed by atoms with Crippen LogP contribution in [-0.2, 0) is 0 Å². The molecule has 7 heteroatoms. The molecule has 7 nitrogen and oxygen atoms in total. The first-order valence-electron chi connectivity index (χ1n) is 5.65. The number of aromatic hydroxyl groups is 1. The highest BCUT2D eigenvalue weighted by Gasteiger charge is 2.21. The van der Waals surface area contributed by atoms with Crippen molar-refractivity contribution in [3.63, 3.8) is 0 Å². The third kappa shape index (κ3) is 1.60. The Hall–Kier alpha value is -2.18. The number of phenolic OH excluding ortho intramolecular Hbond substituents is 1. The molecule has 0 heterocycles. The fourth-order valence-corrected chi connectivity index (χ4v) is 0.722. The maximum atomic E-state index is 10.7. The van der Waals surface area contributed by atoms with Crippen LogP contribution in [0.5, 0.6) is 5.75 Å². The Kier molecular flexibility index (Phi) is 1.15. The summed E-state index contributed by atoms with van der Waals surface area (Å²) in [6.45, 7) is -3.16. The molecule has 0 bridgehead atoms. The van der Waals surface area contributed by atoms with Crippen molar-refractivity contribution in [2.45, 2.75) is 6.85 Å². The van der Waals surface area contributed by atoms with Crippen molar-refractivity contribution in [3.05, 3.63) is 37.9 Å². The van der Waals surface area contributed by atoms with E-state index in [1.165, 1.54) is 0 Å². The summed E-state index contributed by atoms with van der Waals surface area (Å²) in [5.74, 6) is -1.43. The van der Waals surface area contributed by atoms with E-state index in [0.717, 1.165) is 0 Å². The lowest BCUT2D eigenvalue weighted by molar-refractivity contribution is -0.394. The fraction of sp³-hybridized carbons (Fsp3) is 0.143. The van der Waals surface area contributed by atoms with Crippen LogP contribution in [0.3, 0.4) is 0 Å². The molecule has 14 heavy (non-hydrogen) atoms. The van der Waals surface area contributed by atoms with Crippen LogP contribution in [0.25, 0.3) is 0 Å². The average Bonchev–Trinajstić information content (AvgIpc) is 2.12. The molecule has 0 aliphatic rings. The molecule has 0 spiro atoms. The van der Waals surface area contributed by atoms with Crippen LogP contribution in [0.4, 0.5) is 11.4 Å². The predicted octanol–water partition coefficient (Wildman–Crippen LogP) is 1.52. The molecule has 1 aromatic rings. The Morgan fingerprint density at radius 2 is 2.07 bits per heavy atom. The van der Waals surface area contributed by atoms with Gasteiger partial charge in [0.2, 0.25) is 0 Å². The molecule has 0 saturated heterocycles. The van der Waals surface area contributed by atoms with Gasteiger partial charge in [-0.1, -0.05) is 0 Å². The van der Waals surface area contributed by atoms with Gasteiger partial charge in [-0.2, -0.15) is 0 Å². The largest absolute Gasteiger partial charge is 0.502 e. The predicted molar refractivity (Wildman–Crippen MR) is 46.2 cm³/mol. The molecule has 0 atom stereocenters. The van der Waals surface area contributed by atoms with E-state index in [9.17, 15) is 25.3 Å². The summed E-state index contributed by atoms with van der Waals surface area (Å²) >= 11 is 0. The summed E-state index contributed by atoms with van der Waals surface area (Å²) in [6, 6.07) is -2.55. The zero-order valence-electron chi connectivity index (χ0n) is 11.5. The van der Waals surface area contributed by atoms with E-state index in [2.05, 4.69) is 0 Å². The van der Waals surface area contributed by atoms with Crippen LogP contribution in [0.2, 0.25) is 0 Å². The van der Waals surface area contributed by atoms with Crippen molar-refractivity contribution < 1.29 is 21.8 Å². The van der Waals surface area contributed by atoms with Crippen molar-refractivity contribution in [2.75, 3.05) is 0 Å². The molecule has 1 rings (SSSR count). The zero-order valence-corrected chi connectivity index (χ0v) is 6.47. The van der Waals surface area contributed by atoms with E-state index in [-0.39, 0.29) is 0 Å². The summed E-state index contributed by atoms with van der Waals surface area (Å²) in [5.41, 5.74) is -3.97. The van der Waals surface area contributed by atoms with E-state index in [4.69, 9.17) is 6.85 Å². The molecular weight excluding hydrogens is 192 g/mol. The minimum absolute atomic E-state index is 1.22. The Labute approximate surface area is 84.9 Å². The maximum absolute atomic E-state index is 10.7. The Balaban J connectivity index is 3.97. The van der Waals surface area contributed by atoms with Crippen molar-refractivity contribution in [1.82, 2.24) is 0 Å². The molecule has 0 amide bonds. The monoisotopic (exact) mass is 203 g/mol. The summed E-state index contributed by atoms with van der Waals surface area (Å²) in [5, 5.41) is 30.8. The molecule has 0 saturated carbocycles. The van der Waals surface area contributed by atoms with Crippen LogP contribution >= 0.6 is 0 Å². The number of phenols is 1. The second kappa shape index (κ2) is 3.29. The number of hydrogen-bond acceptors (Lipinski definition) is 5. The highest BCUT2D eigenvalue weighted by atomic mass is 16.6. The molecule has 0 aliphatic heterocycles. The summed E-state index contributed by atoms with van der Waals surface area (Å²) < 4.78 is 35.7. The maximum Gasteiger partial charge on any atom is 0.317 e. The van der Waals surface area contributed by atoms with Gasteiger partial charge in [0.25, 0.3) is 5.69 Å². The molecule has 1 N–H and O–H groups in total. The molecule has 0 radical (unpaired) electrons. The topological polar surface area (TPSA) is 107 Å². The molecule has 0 fully saturated rings. The lowest BCUT2D eigenvalue weighted by Gasteiger charge is -1.99. The molecular formula is C7H6N2O5. The second-order valence-electron chi connectivity index (χ2n) is 2.19. The van der Waals surface area contributed by atoms with Gasteiger partial charge in [-0.25, -0.2) is 0 Å². The van der Waals surface area contributed by atoms with E-state index < -0.39 is 51.5 Å². The Morgan fingerprint density at radius 1 is 1.43 bits per heavy atom. The highest BCUT2D eigenvalue weighted by Crippen LogP contribution is 2.33. The van der Waals surface area contributed by atoms with E-state index in [1.54, 1.807) is 0 Å². The first-order valence-corrected chi connectivity index (χ1v) is 3.15. The van der Waals surface area contributed by atoms with Crippen molar-refractivity contribution in [1.29, 1.82) is 0 Å². The van der Waals surface area contributed by atoms with Gasteiger partial charge in [0.05, 0.1) is 18.6 Å². The minimum Gasteiger partial charge on any atom is -0.502 e. The number of nitrogens with zero attached hydrogens (tertiary/aromatic N) is 2. The molecule has 74 valence electrons. The van der Waals surface area contributed by atoms with Crippen molar-refractivity contribution >= 4 is 11.4 Å². The van der Waals surface area contributed by atoms with Gasteiger partial charge in [0.1, 0.15) is 0 Å². The van der Waals surface area contributed by atoms with Gasteiger partial charge in [0, 0.05) is 15.7 Å². The van der Waals surface area contributed by atoms with Gasteiger partial charge in [-0.15, -0.1) is 0 Å². The Bertz CT molecular complexity index is 543. The normalized spacial score (nSPS) is 15.9. The van der Waals surface area contributed by atoms with Crippen LogP contribution in [0.1, 0.15) is 12.4 Å². The van der Waals surface area contributed by atoms with Crippen LogP contribution < -0.4 is 0 Å². The van der Waals surface area contributed by atoms with Gasteiger partial charge in [-0.3, -0.25) is 20.2 Å². The summed E-state index contributed by atoms with van der Waals surface area (Å²) in [7, 11) is 0. The van der Waals surface area contributed by atoms with Gasteiger partial charge in [-0.05, 0) is 6.85 Å². The SMILES string of the molecule is [2H]c1c([N+](=O)[O-])c([2H])c(C([2H])([2H])[2H])c(O)c1[N+](=O)[O-]. The zero-order chi connectivity index (χ0) is 15.1. The van der Waals surface area contributed by atoms with E-state index in [0.29, 0.717) is 0 Å². The lowest BCUT2D eigenvalue weighted by atomic mass is 10.1. The smallest absolute Gasteiger partial charge is 0.317 e. The fourth-order valence-electron chi connectivity index (χ4n) is 0.722. The average molecular weight is 203 g/mol. The number of benzene rings is 1. The highest BCUT2D eigenvalue weighted by molar-refractivity contribution is 5.57.